The summed E-state index contributed by atoms with van der Waals surface area (Å²) >= 11 is 3.32. The van der Waals surface area contributed by atoms with Gasteiger partial charge >= 0.3 is 0 Å². The number of halogens is 1. The number of hydrogen-bond acceptors (Lipinski definition) is 3. The Balaban J connectivity index is 1.45. The lowest BCUT2D eigenvalue weighted by atomic mass is 9.53. The summed E-state index contributed by atoms with van der Waals surface area (Å²) in [5.41, 5.74) is 0.321. The van der Waals surface area contributed by atoms with Gasteiger partial charge in [0.25, 0.3) is 5.91 Å². The second-order valence-corrected chi connectivity index (χ2v) is 8.97. The van der Waals surface area contributed by atoms with E-state index in [1.807, 2.05) is 0 Å². The molecule has 25 heavy (non-hydrogen) atoms. The first kappa shape index (κ1) is 16.8. The summed E-state index contributed by atoms with van der Waals surface area (Å²) in [6.45, 7) is 0. The highest BCUT2D eigenvalue weighted by atomic mass is 79.9. The third-order valence-corrected chi connectivity index (χ3v) is 6.58. The number of rotatable bonds is 4. The third kappa shape index (κ3) is 3.39. The van der Waals surface area contributed by atoms with Crippen molar-refractivity contribution in [3.63, 3.8) is 0 Å². The van der Waals surface area contributed by atoms with Gasteiger partial charge in [-0.2, -0.15) is 0 Å². The summed E-state index contributed by atoms with van der Waals surface area (Å²) in [6.07, 6.45) is 7.88. The molecule has 4 fully saturated rings. The van der Waals surface area contributed by atoms with Gasteiger partial charge in [-0.15, -0.1) is 0 Å². The number of aliphatic hydroxyl groups excluding tert-OH is 1. The minimum absolute atomic E-state index is 0.182. The molecule has 2 N–H and O–H groups in total. The maximum Gasteiger partial charge on any atom is 0.292 e. The minimum atomic E-state index is -0.684. The van der Waals surface area contributed by atoms with E-state index in [1.165, 1.54) is 19.3 Å². The van der Waals surface area contributed by atoms with E-state index in [0.29, 0.717) is 23.3 Å². The Labute approximate surface area is 155 Å². The van der Waals surface area contributed by atoms with Gasteiger partial charge in [0.2, 0.25) is 5.78 Å². The summed E-state index contributed by atoms with van der Waals surface area (Å²) in [5, 5.41) is 13.1. The van der Waals surface area contributed by atoms with Crippen LogP contribution in [0, 0.1) is 17.8 Å². The lowest BCUT2D eigenvalue weighted by Gasteiger charge is -2.56. The fourth-order valence-electron chi connectivity index (χ4n) is 5.46. The number of nitrogens with one attached hydrogen (secondary N) is 1. The maximum absolute atomic E-state index is 12.4. The molecular formula is C20H22BrNO3. The van der Waals surface area contributed by atoms with Crippen LogP contribution in [0.25, 0.3) is 5.76 Å². The Kier molecular flexibility index (Phi) is 4.22. The van der Waals surface area contributed by atoms with Crippen molar-refractivity contribution in [2.45, 2.75) is 44.1 Å². The fraction of sp³-hybridized carbons (Fsp3) is 0.500. The zero-order valence-corrected chi connectivity index (χ0v) is 15.6. The summed E-state index contributed by atoms with van der Waals surface area (Å²) in [7, 11) is 0. The van der Waals surface area contributed by atoms with Gasteiger partial charge in [0.15, 0.2) is 0 Å². The Morgan fingerprint density at radius 2 is 1.56 bits per heavy atom. The van der Waals surface area contributed by atoms with Crippen LogP contribution in [0.1, 0.15) is 44.1 Å². The highest BCUT2D eigenvalue weighted by molar-refractivity contribution is 9.10. The number of carbonyl (C=O) groups is 2. The Bertz CT molecular complexity index is 703. The van der Waals surface area contributed by atoms with Crippen molar-refractivity contribution in [1.82, 2.24) is 5.32 Å². The average Bonchev–Trinajstić information content (AvgIpc) is 2.53. The van der Waals surface area contributed by atoms with Gasteiger partial charge in [0.1, 0.15) is 5.76 Å². The first-order chi connectivity index (χ1) is 11.9. The van der Waals surface area contributed by atoms with Crippen LogP contribution in [0.5, 0.6) is 0 Å². The number of ketones is 1. The number of carbonyl (C=O) groups excluding carboxylic acids is 2. The standard InChI is InChI=1S/C20H22BrNO3/c21-16-3-1-15(2-4-16)17(23)8-18(24)19(25)22-20-9-12-5-13(10-20)7-14(6-12)11-20/h1-4,8,12-14,23H,5-7,9-11H2,(H,22,25)/b17-8-. The van der Waals surface area contributed by atoms with Crippen molar-refractivity contribution in [3.05, 3.63) is 40.4 Å². The van der Waals surface area contributed by atoms with Crippen LogP contribution >= 0.6 is 15.9 Å². The lowest BCUT2D eigenvalue weighted by molar-refractivity contribution is -0.138. The van der Waals surface area contributed by atoms with Crippen LogP contribution in [0.2, 0.25) is 0 Å². The predicted octanol–water partition coefficient (Wildman–Crippen LogP) is 4.00. The summed E-state index contributed by atoms with van der Waals surface area (Å²) < 4.78 is 0.884. The second-order valence-electron chi connectivity index (χ2n) is 8.05. The lowest BCUT2D eigenvalue weighted by Crippen LogP contribution is -2.60. The monoisotopic (exact) mass is 403 g/mol. The number of aliphatic hydroxyl groups is 1. The van der Waals surface area contributed by atoms with Crippen molar-refractivity contribution in [2.75, 3.05) is 0 Å². The molecule has 132 valence electrons. The Morgan fingerprint density at radius 1 is 1.04 bits per heavy atom. The molecule has 1 aromatic rings. The molecule has 0 radical (unpaired) electrons. The molecule has 0 atom stereocenters. The van der Waals surface area contributed by atoms with E-state index in [4.69, 9.17) is 0 Å². The quantitative estimate of drug-likeness (QED) is 0.453. The molecule has 0 spiro atoms. The molecule has 1 aromatic carbocycles. The number of amides is 1. The van der Waals surface area contributed by atoms with Crippen LogP contribution in [-0.4, -0.2) is 22.3 Å². The smallest absolute Gasteiger partial charge is 0.292 e. The van der Waals surface area contributed by atoms with Crippen molar-refractivity contribution >= 4 is 33.4 Å². The first-order valence-electron chi connectivity index (χ1n) is 8.95. The zero-order valence-electron chi connectivity index (χ0n) is 14.0. The average molecular weight is 404 g/mol. The van der Waals surface area contributed by atoms with Crippen LogP contribution in [-0.2, 0) is 9.59 Å². The van der Waals surface area contributed by atoms with E-state index >= 15 is 0 Å². The summed E-state index contributed by atoms with van der Waals surface area (Å²) in [6, 6.07) is 6.94. The molecule has 5 rings (SSSR count). The molecule has 4 nitrogen and oxygen atoms in total. The first-order valence-corrected chi connectivity index (χ1v) is 9.75. The van der Waals surface area contributed by atoms with Crippen LogP contribution in [0.4, 0.5) is 0 Å². The normalized spacial score (nSPS) is 33.3. The zero-order chi connectivity index (χ0) is 17.6. The molecule has 4 saturated carbocycles. The Hall–Kier alpha value is -1.62. The molecule has 0 aliphatic heterocycles. The summed E-state index contributed by atoms with van der Waals surface area (Å²) in [5.74, 6) is 0.648. The topological polar surface area (TPSA) is 66.4 Å². The fourth-order valence-corrected chi connectivity index (χ4v) is 5.72. The van der Waals surface area contributed by atoms with Gasteiger partial charge in [0, 0.05) is 21.7 Å². The maximum atomic E-state index is 12.4. The molecule has 1 amide bonds. The molecular weight excluding hydrogens is 382 g/mol. The number of hydrogen-bond donors (Lipinski definition) is 2. The largest absolute Gasteiger partial charge is 0.507 e. The van der Waals surface area contributed by atoms with Crippen molar-refractivity contribution < 1.29 is 14.7 Å². The van der Waals surface area contributed by atoms with Gasteiger partial charge in [-0.1, -0.05) is 28.1 Å². The molecule has 5 heteroatoms. The SMILES string of the molecule is O=C(/C=C(\O)c1ccc(Br)cc1)C(=O)NC12CC3CC(CC(C3)C1)C2. The molecule has 4 bridgehead atoms. The highest BCUT2D eigenvalue weighted by Crippen LogP contribution is 2.55. The van der Waals surface area contributed by atoms with E-state index < -0.39 is 11.7 Å². The number of benzene rings is 1. The van der Waals surface area contributed by atoms with E-state index in [2.05, 4.69) is 21.2 Å². The molecule has 4 aliphatic carbocycles. The van der Waals surface area contributed by atoms with Gasteiger partial charge in [-0.05, 0) is 68.4 Å². The predicted molar refractivity (Wildman–Crippen MR) is 98.8 cm³/mol. The van der Waals surface area contributed by atoms with Crippen LogP contribution < -0.4 is 5.32 Å². The highest BCUT2D eigenvalue weighted by Gasteiger charge is 2.51. The van der Waals surface area contributed by atoms with Crippen molar-refractivity contribution in [2.24, 2.45) is 17.8 Å². The van der Waals surface area contributed by atoms with Gasteiger partial charge in [-0.3, -0.25) is 9.59 Å². The van der Waals surface area contributed by atoms with Crippen LogP contribution in [0.3, 0.4) is 0 Å². The molecule has 0 saturated heterocycles. The van der Waals surface area contributed by atoms with E-state index in [1.54, 1.807) is 24.3 Å². The second kappa shape index (κ2) is 6.27. The van der Waals surface area contributed by atoms with Gasteiger partial charge in [0.05, 0.1) is 0 Å². The van der Waals surface area contributed by atoms with Crippen molar-refractivity contribution in [1.29, 1.82) is 0 Å². The van der Waals surface area contributed by atoms with Crippen LogP contribution in [0.15, 0.2) is 34.8 Å². The van der Waals surface area contributed by atoms with E-state index in [-0.39, 0.29) is 11.3 Å². The summed E-state index contributed by atoms with van der Waals surface area (Å²) in [4.78, 5) is 24.7. The van der Waals surface area contributed by atoms with Gasteiger partial charge < -0.3 is 10.4 Å². The van der Waals surface area contributed by atoms with E-state index in [0.717, 1.165) is 29.8 Å². The van der Waals surface area contributed by atoms with E-state index in [9.17, 15) is 14.7 Å². The molecule has 0 aromatic heterocycles. The third-order valence-electron chi connectivity index (χ3n) is 6.05. The molecule has 0 unspecified atom stereocenters. The molecule has 0 heterocycles. The Morgan fingerprint density at radius 3 is 2.08 bits per heavy atom. The van der Waals surface area contributed by atoms with Crippen molar-refractivity contribution in [3.8, 4) is 0 Å². The van der Waals surface area contributed by atoms with Gasteiger partial charge in [-0.25, -0.2) is 0 Å². The minimum Gasteiger partial charge on any atom is -0.507 e. The molecule has 4 aliphatic rings.